The van der Waals surface area contributed by atoms with Gasteiger partial charge >= 0.3 is 23.9 Å². The zero-order valence-corrected chi connectivity index (χ0v) is 21.4. The van der Waals surface area contributed by atoms with Crippen LogP contribution >= 0.6 is 0 Å². The average Bonchev–Trinajstić information content (AvgIpc) is 2.84. The van der Waals surface area contributed by atoms with Gasteiger partial charge in [0.1, 0.15) is 11.9 Å². The molecular weight excluding hydrogens is 472 g/mol. The Labute approximate surface area is 210 Å². The molecule has 10 heteroatoms. The van der Waals surface area contributed by atoms with E-state index in [1.54, 1.807) is 12.1 Å². The summed E-state index contributed by atoms with van der Waals surface area (Å²) >= 11 is 0. The SMILES string of the molecule is COC(=O)C1(c2ccc(OC)c([C@@H]3OC[C@@H](OC(C)=O)[C@H](OC(C)=O)[C@H]3OC(C)=O)c2)CCCCC1. The van der Waals surface area contributed by atoms with Gasteiger partial charge < -0.3 is 28.4 Å². The van der Waals surface area contributed by atoms with Crippen molar-refractivity contribution in [1.29, 1.82) is 0 Å². The van der Waals surface area contributed by atoms with E-state index in [4.69, 9.17) is 28.4 Å². The molecule has 2 aliphatic rings. The van der Waals surface area contributed by atoms with E-state index in [0.717, 1.165) is 24.8 Å². The van der Waals surface area contributed by atoms with Crippen LogP contribution in [0.3, 0.4) is 0 Å². The normalized spacial score (nSPS) is 25.2. The zero-order valence-electron chi connectivity index (χ0n) is 21.4. The first-order chi connectivity index (χ1) is 17.1. The number of esters is 4. The Morgan fingerprint density at radius 2 is 1.47 bits per heavy atom. The summed E-state index contributed by atoms with van der Waals surface area (Å²) in [5.74, 6) is -1.75. The largest absolute Gasteiger partial charge is 0.496 e. The second kappa shape index (κ2) is 11.7. The molecule has 2 fully saturated rings. The average molecular weight is 507 g/mol. The molecule has 1 aromatic carbocycles. The van der Waals surface area contributed by atoms with Crippen LogP contribution in [0.15, 0.2) is 18.2 Å². The zero-order chi connectivity index (χ0) is 26.5. The second-order valence-corrected chi connectivity index (χ2v) is 9.14. The van der Waals surface area contributed by atoms with Crippen LogP contribution in [0.1, 0.15) is 70.1 Å². The third kappa shape index (κ3) is 5.80. The number of hydrogen-bond donors (Lipinski definition) is 0. The summed E-state index contributed by atoms with van der Waals surface area (Å²) in [4.78, 5) is 48.7. The summed E-state index contributed by atoms with van der Waals surface area (Å²) in [7, 11) is 2.87. The highest BCUT2D eigenvalue weighted by Gasteiger charge is 2.49. The van der Waals surface area contributed by atoms with E-state index in [0.29, 0.717) is 24.2 Å². The fourth-order valence-electron chi connectivity index (χ4n) is 5.22. The van der Waals surface area contributed by atoms with Crippen LogP contribution < -0.4 is 4.74 Å². The van der Waals surface area contributed by atoms with E-state index in [-0.39, 0.29) is 12.6 Å². The third-order valence-electron chi connectivity index (χ3n) is 6.72. The first kappa shape index (κ1) is 27.4. The van der Waals surface area contributed by atoms with Crippen molar-refractivity contribution >= 4 is 23.9 Å². The molecule has 36 heavy (non-hydrogen) atoms. The second-order valence-electron chi connectivity index (χ2n) is 9.14. The van der Waals surface area contributed by atoms with Crippen LogP contribution in [0, 0.1) is 0 Å². The van der Waals surface area contributed by atoms with Crippen LogP contribution in [-0.4, -0.2) is 63.0 Å². The van der Waals surface area contributed by atoms with Gasteiger partial charge in [-0.15, -0.1) is 0 Å². The lowest BCUT2D eigenvalue weighted by molar-refractivity contribution is -0.227. The Hall–Kier alpha value is -3.14. The van der Waals surface area contributed by atoms with Crippen LogP contribution in [-0.2, 0) is 48.3 Å². The molecule has 4 atom stereocenters. The van der Waals surface area contributed by atoms with Gasteiger partial charge in [-0.1, -0.05) is 25.3 Å². The van der Waals surface area contributed by atoms with Crippen LogP contribution in [0.5, 0.6) is 5.75 Å². The Morgan fingerprint density at radius 3 is 2.03 bits per heavy atom. The van der Waals surface area contributed by atoms with Gasteiger partial charge in [0.2, 0.25) is 0 Å². The van der Waals surface area contributed by atoms with Gasteiger partial charge in [0.05, 0.1) is 26.2 Å². The molecule has 1 aliphatic carbocycles. The minimum absolute atomic E-state index is 0.116. The fourth-order valence-corrected chi connectivity index (χ4v) is 5.22. The minimum Gasteiger partial charge on any atom is -0.496 e. The molecule has 0 amide bonds. The highest BCUT2D eigenvalue weighted by Crippen LogP contribution is 2.45. The van der Waals surface area contributed by atoms with E-state index in [9.17, 15) is 19.2 Å². The molecule has 0 aromatic heterocycles. The van der Waals surface area contributed by atoms with Crippen molar-refractivity contribution in [2.75, 3.05) is 20.8 Å². The lowest BCUT2D eigenvalue weighted by atomic mass is 9.69. The van der Waals surface area contributed by atoms with E-state index in [1.165, 1.54) is 35.0 Å². The van der Waals surface area contributed by atoms with E-state index >= 15 is 0 Å². The third-order valence-corrected chi connectivity index (χ3v) is 6.72. The fraction of sp³-hybridized carbons (Fsp3) is 0.615. The van der Waals surface area contributed by atoms with Gasteiger partial charge in [0, 0.05) is 26.3 Å². The van der Waals surface area contributed by atoms with Gasteiger partial charge in [0.25, 0.3) is 0 Å². The lowest BCUT2D eigenvalue weighted by Gasteiger charge is -2.41. The highest BCUT2D eigenvalue weighted by atomic mass is 16.6. The van der Waals surface area contributed by atoms with E-state index in [2.05, 4.69) is 0 Å². The summed E-state index contributed by atoms with van der Waals surface area (Å²) in [6.07, 6.45) is -0.121. The molecule has 1 aliphatic heterocycles. The summed E-state index contributed by atoms with van der Waals surface area (Å²) in [6.45, 7) is 3.54. The molecule has 198 valence electrons. The molecule has 0 radical (unpaired) electrons. The lowest BCUT2D eigenvalue weighted by Crippen LogP contribution is -2.54. The van der Waals surface area contributed by atoms with Crippen LogP contribution in [0.25, 0.3) is 0 Å². The predicted octanol–water partition coefficient (Wildman–Crippen LogP) is 2.94. The van der Waals surface area contributed by atoms with Gasteiger partial charge in [-0.05, 0) is 30.5 Å². The van der Waals surface area contributed by atoms with Crippen molar-refractivity contribution in [3.63, 3.8) is 0 Å². The van der Waals surface area contributed by atoms with E-state index < -0.39 is 47.7 Å². The van der Waals surface area contributed by atoms with Crippen molar-refractivity contribution in [3.8, 4) is 5.75 Å². The molecule has 3 rings (SSSR count). The van der Waals surface area contributed by atoms with Gasteiger partial charge in [-0.25, -0.2) is 0 Å². The predicted molar refractivity (Wildman–Crippen MR) is 125 cm³/mol. The van der Waals surface area contributed by atoms with Gasteiger partial charge in [-0.3, -0.25) is 19.2 Å². The molecule has 0 unspecified atom stereocenters. The number of carbonyl (C=O) groups is 4. The maximum Gasteiger partial charge on any atom is 0.316 e. The first-order valence-corrected chi connectivity index (χ1v) is 12.0. The summed E-state index contributed by atoms with van der Waals surface area (Å²) in [5, 5.41) is 0. The maximum atomic E-state index is 13.0. The topological polar surface area (TPSA) is 124 Å². The number of methoxy groups -OCH3 is 2. The maximum absolute atomic E-state index is 13.0. The van der Waals surface area contributed by atoms with Gasteiger partial charge in [-0.2, -0.15) is 0 Å². The van der Waals surface area contributed by atoms with Gasteiger partial charge in [0.15, 0.2) is 18.3 Å². The van der Waals surface area contributed by atoms with Crippen molar-refractivity contribution in [3.05, 3.63) is 29.3 Å². The van der Waals surface area contributed by atoms with Crippen LogP contribution in [0.2, 0.25) is 0 Å². The Morgan fingerprint density at radius 1 is 0.861 bits per heavy atom. The molecule has 1 heterocycles. The number of rotatable bonds is 7. The van der Waals surface area contributed by atoms with Crippen LogP contribution in [0.4, 0.5) is 0 Å². The molecule has 1 aromatic rings. The summed E-state index contributed by atoms with van der Waals surface area (Å²) in [6, 6.07) is 5.37. The van der Waals surface area contributed by atoms with Crippen molar-refractivity contribution in [2.45, 2.75) is 82.7 Å². The molecule has 10 nitrogen and oxygen atoms in total. The number of benzene rings is 1. The molecule has 0 bridgehead atoms. The monoisotopic (exact) mass is 506 g/mol. The highest BCUT2D eigenvalue weighted by molar-refractivity contribution is 5.83. The molecule has 1 saturated heterocycles. The first-order valence-electron chi connectivity index (χ1n) is 12.0. The Bertz CT molecular complexity index is 981. The van der Waals surface area contributed by atoms with Crippen molar-refractivity contribution in [1.82, 2.24) is 0 Å². The number of hydrogen-bond acceptors (Lipinski definition) is 10. The minimum atomic E-state index is -1.14. The molecule has 0 spiro atoms. The summed E-state index contributed by atoms with van der Waals surface area (Å²) < 4.78 is 33.2. The van der Waals surface area contributed by atoms with E-state index in [1.807, 2.05) is 6.07 Å². The quantitative estimate of drug-likeness (QED) is 0.403. The van der Waals surface area contributed by atoms with Crippen molar-refractivity contribution in [2.24, 2.45) is 0 Å². The Kier molecular flexibility index (Phi) is 8.94. The Balaban J connectivity index is 2.11. The number of carbonyl (C=O) groups excluding carboxylic acids is 4. The molecule has 0 N–H and O–H groups in total. The molecular formula is C26H34O10. The standard InChI is InChI=1S/C26H34O10/c1-15(27)34-21-14-33-22(24(36-17(3)29)23(21)35-16(2)28)19-13-18(9-10-20(19)31-4)26(25(30)32-5)11-7-6-8-12-26/h9-10,13,21-24H,6-8,11-12,14H2,1-5H3/t21-,22+,23+,24+/m1/s1. The van der Waals surface area contributed by atoms with Crippen molar-refractivity contribution < 1.29 is 47.6 Å². The number of ether oxygens (including phenoxy) is 6. The summed E-state index contributed by atoms with van der Waals surface area (Å²) in [5.41, 5.74) is 0.421. The molecule has 1 saturated carbocycles. The smallest absolute Gasteiger partial charge is 0.316 e.